The van der Waals surface area contributed by atoms with Crippen molar-refractivity contribution in [2.24, 2.45) is 5.92 Å². The first-order chi connectivity index (χ1) is 12.2. The summed E-state index contributed by atoms with van der Waals surface area (Å²) in [5, 5.41) is 16.9. The SMILES string of the molecule is O=C(CCn1cncn1)NC(c1ccc2c(c1)CCO2)C1CC(O)C1. The van der Waals surface area contributed by atoms with Crippen molar-refractivity contribution in [3.63, 3.8) is 0 Å². The van der Waals surface area contributed by atoms with Crippen molar-refractivity contribution in [3.8, 4) is 5.75 Å². The van der Waals surface area contributed by atoms with Crippen molar-refractivity contribution in [2.75, 3.05) is 6.61 Å². The number of nitrogens with zero attached hydrogens (tertiary/aromatic N) is 3. The van der Waals surface area contributed by atoms with Gasteiger partial charge in [0.15, 0.2) is 0 Å². The lowest BCUT2D eigenvalue weighted by Crippen LogP contribution is -2.41. The number of fused-ring (bicyclic) bond motifs is 1. The Morgan fingerprint density at radius 2 is 2.32 bits per heavy atom. The molecule has 0 saturated heterocycles. The summed E-state index contributed by atoms with van der Waals surface area (Å²) in [4.78, 5) is 16.3. The smallest absolute Gasteiger partial charge is 0.222 e. The Morgan fingerprint density at radius 3 is 3.08 bits per heavy atom. The molecule has 25 heavy (non-hydrogen) atoms. The van der Waals surface area contributed by atoms with E-state index in [-0.39, 0.29) is 24.0 Å². The fourth-order valence-electron chi connectivity index (χ4n) is 3.59. The summed E-state index contributed by atoms with van der Waals surface area (Å²) in [5.74, 6) is 1.19. The molecule has 2 aromatic rings. The highest BCUT2D eigenvalue weighted by Gasteiger charge is 2.36. The number of aromatic nitrogens is 3. The number of aliphatic hydroxyl groups excluding tert-OH is 1. The Hall–Kier alpha value is -2.41. The van der Waals surface area contributed by atoms with Crippen molar-refractivity contribution < 1.29 is 14.6 Å². The molecule has 0 radical (unpaired) electrons. The molecule has 1 atom stereocenters. The van der Waals surface area contributed by atoms with Crippen LogP contribution in [0.1, 0.15) is 36.4 Å². The molecule has 1 aromatic carbocycles. The Bertz CT molecular complexity index is 741. The predicted molar refractivity (Wildman–Crippen MR) is 89.9 cm³/mol. The largest absolute Gasteiger partial charge is 0.493 e. The van der Waals surface area contributed by atoms with Crippen molar-refractivity contribution in [2.45, 2.75) is 44.4 Å². The average Bonchev–Trinajstić information content (AvgIpc) is 3.25. The van der Waals surface area contributed by atoms with Gasteiger partial charge in [0.2, 0.25) is 5.91 Å². The van der Waals surface area contributed by atoms with Gasteiger partial charge < -0.3 is 15.2 Å². The van der Waals surface area contributed by atoms with Gasteiger partial charge in [-0.2, -0.15) is 5.10 Å². The fourth-order valence-corrected chi connectivity index (χ4v) is 3.59. The first-order valence-corrected chi connectivity index (χ1v) is 8.74. The molecule has 1 fully saturated rings. The third-order valence-electron chi connectivity index (χ3n) is 5.04. The molecule has 1 amide bonds. The number of aryl methyl sites for hydroxylation is 1. The van der Waals surface area contributed by atoms with E-state index in [9.17, 15) is 9.90 Å². The highest BCUT2D eigenvalue weighted by atomic mass is 16.5. The number of nitrogens with one attached hydrogen (secondary N) is 1. The molecule has 1 aromatic heterocycles. The van der Waals surface area contributed by atoms with Gasteiger partial charge in [0, 0.05) is 12.8 Å². The van der Waals surface area contributed by atoms with Crippen LogP contribution in [0.25, 0.3) is 0 Å². The van der Waals surface area contributed by atoms with Crippen LogP contribution in [0.2, 0.25) is 0 Å². The number of benzene rings is 1. The van der Waals surface area contributed by atoms with Crippen molar-refractivity contribution in [1.82, 2.24) is 20.1 Å². The number of carbonyl (C=O) groups is 1. The lowest BCUT2D eigenvalue weighted by Gasteiger charge is -2.38. The summed E-state index contributed by atoms with van der Waals surface area (Å²) in [6.45, 7) is 1.22. The molecule has 1 unspecified atom stereocenters. The van der Waals surface area contributed by atoms with Crippen LogP contribution in [0, 0.1) is 5.92 Å². The minimum Gasteiger partial charge on any atom is -0.493 e. The van der Waals surface area contributed by atoms with Crippen LogP contribution in [0.3, 0.4) is 0 Å². The lowest BCUT2D eigenvalue weighted by molar-refractivity contribution is -0.123. The second kappa shape index (κ2) is 6.84. The molecule has 4 rings (SSSR count). The summed E-state index contributed by atoms with van der Waals surface area (Å²) >= 11 is 0. The average molecular weight is 342 g/mol. The van der Waals surface area contributed by atoms with Crippen LogP contribution in [-0.2, 0) is 17.8 Å². The van der Waals surface area contributed by atoms with Crippen LogP contribution in [-0.4, -0.2) is 38.5 Å². The highest BCUT2D eigenvalue weighted by Crippen LogP contribution is 2.39. The van der Waals surface area contributed by atoms with Gasteiger partial charge in [0.05, 0.1) is 25.3 Å². The molecule has 1 saturated carbocycles. The van der Waals surface area contributed by atoms with E-state index < -0.39 is 0 Å². The van der Waals surface area contributed by atoms with Crippen LogP contribution >= 0.6 is 0 Å². The van der Waals surface area contributed by atoms with Gasteiger partial charge in [-0.05, 0) is 42.0 Å². The molecule has 7 nitrogen and oxygen atoms in total. The third kappa shape index (κ3) is 3.51. The predicted octanol–water partition coefficient (Wildman–Crippen LogP) is 1.23. The Balaban J connectivity index is 1.45. The molecule has 1 aliphatic heterocycles. The number of amides is 1. The van der Waals surface area contributed by atoms with Crippen LogP contribution in [0.4, 0.5) is 0 Å². The van der Waals surface area contributed by atoms with Crippen molar-refractivity contribution in [3.05, 3.63) is 42.0 Å². The maximum atomic E-state index is 12.4. The monoisotopic (exact) mass is 342 g/mol. The first kappa shape index (κ1) is 16.1. The zero-order chi connectivity index (χ0) is 17.2. The number of ether oxygens (including phenoxy) is 1. The maximum Gasteiger partial charge on any atom is 0.222 e. The number of hydrogen-bond acceptors (Lipinski definition) is 5. The van der Waals surface area contributed by atoms with Gasteiger partial charge in [0.1, 0.15) is 18.4 Å². The summed E-state index contributed by atoms with van der Waals surface area (Å²) in [7, 11) is 0. The maximum absolute atomic E-state index is 12.4. The van der Waals surface area contributed by atoms with E-state index in [1.165, 1.54) is 11.9 Å². The van der Waals surface area contributed by atoms with E-state index in [0.717, 1.165) is 37.2 Å². The van der Waals surface area contributed by atoms with Crippen LogP contribution in [0.15, 0.2) is 30.9 Å². The second-order valence-electron chi connectivity index (χ2n) is 6.80. The molecule has 7 heteroatoms. The van der Waals surface area contributed by atoms with Crippen molar-refractivity contribution in [1.29, 1.82) is 0 Å². The summed E-state index contributed by atoms with van der Waals surface area (Å²) < 4.78 is 7.22. The number of carbonyl (C=O) groups excluding carboxylic acids is 1. The van der Waals surface area contributed by atoms with Gasteiger partial charge in [0.25, 0.3) is 0 Å². The summed E-state index contributed by atoms with van der Waals surface area (Å²) in [6, 6.07) is 6.08. The molecule has 0 spiro atoms. The fraction of sp³-hybridized carbons (Fsp3) is 0.500. The molecule has 2 heterocycles. The summed E-state index contributed by atoms with van der Waals surface area (Å²) in [6.07, 6.45) is 5.52. The highest BCUT2D eigenvalue weighted by molar-refractivity contribution is 5.76. The number of aliphatic hydroxyl groups is 1. The van der Waals surface area contributed by atoms with E-state index in [1.807, 2.05) is 12.1 Å². The minimum absolute atomic E-state index is 0.0151. The quantitative estimate of drug-likeness (QED) is 0.824. The van der Waals surface area contributed by atoms with Crippen LogP contribution in [0.5, 0.6) is 5.75 Å². The van der Waals surface area contributed by atoms with E-state index in [4.69, 9.17) is 4.74 Å². The van der Waals surface area contributed by atoms with E-state index >= 15 is 0 Å². The zero-order valence-corrected chi connectivity index (χ0v) is 14.0. The normalized spacial score (nSPS) is 22.6. The van der Waals surface area contributed by atoms with Gasteiger partial charge in [-0.3, -0.25) is 9.48 Å². The third-order valence-corrected chi connectivity index (χ3v) is 5.04. The molecule has 1 aliphatic carbocycles. The molecule has 2 N–H and O–H groups in total. The first-order valence-electron chi connectivity index (χ1n) is 8.74. The second-order valence-corrected chi connectivity index (χ2v) is 6.80. The Kier molecular flexibility index (Phi) is 4.40. The number of hydrogen-bond donors (Lipinski definition) is 2. The van der Waals surface area contributed by atoms with Crippen molar-refractivity contribution >= 4 is 5.91 Å². The van der Waals surface area contributed by atoms with Gasteiger partial charge in [-0.1, -0.05) is 6.07 Å². The molecule has 0 bridgehead atoms. The van der Waals surface area contributed by atoms with Gasteiger partial charge in [-0.15, -0.1) is 0 Å². The zero-order valence-electron chi connectivity index (χ0n) is 14.0. The molecular weight excluding hydrogens is 320 g/mol. The van der Waals surface area contributed by atoms with E-state index in [2.05, 4.69) is 21.5 Å². The Morgan fingerprint density at radius 1 is 1.44 bits per heavy atom. The van der Waals surface area contributed by atoms with Gasteiger partial charge >= 0.3 is 0 Å². The topological polar surface area (TPSA) is 89.3 Å². The lowest BCUT2D eigenvalue weighted by atomic mass is 9.75. The van der Waals surface area contributed by atoms with E-state index in [0.29, 0.717) is 13.0 Å². The van der Waals surface area contributed by atoms with Gasteiger partial charge in [-0.25, -0.2) is 4.98 Å². The minimum atomic E-state index is -0.252. The summed E-state index contributed by atoms with van der Waals surface area (Å²) in [5.41, 5.74) is 2.29. The van der Waals surface area contributed by atoms with Crippen LogP contribution < -0.4 is 10.1 Å². The standard InChI is InChI=1S/C18H22N4O3/c23-15-8-14(9-15)18(13-1-2-16-12(7-13)4-6-25-16)21-17(24)3-5-22-11-19-10-20-22/h1-2,7,10-11,14-15,18,23H,3-6,8-9H2,(H,21,24). The molecular formula is C18H22N4O3. The number of rotatable bonds is 6. The van der Waals surface area contributed by atoms with E-state index in [1.54, 1.807) is 11.0 Å². The molecule has 132 valence electrons. The molecule has 2 aliphatic rings. The Labute approximate surface area is 146 Å².